The molecule has 168 valence electrons. The number of halogens is 3. The second-order valence-corrected chi connectivity index (χ2v) is 8.02. The molecule has 0 atom stereocenters. The molecular formula is C23H21F3N2O4. The minimum Gasteiger partial charge on any atom is -0.444 e. The second kappa shape index (κ2) is 8.86. The molecule has 2 aromatic rings. The standard InChI is InChI=1S/C23H21F3N2O4/c1-22(2,3)32-21(30)27-13-15-7-4-6-14(10-15)11-18-20(29)31-19(28-18)16-8-5-9-17(12-16)23(24,25)26/h4-12H,13H2,1-3H3,(H,27,30)/b18-11-. The van der Waals surface area contributed by atoms with Gasteiger partial charge < -0.3 is 14.8 Å². The number of nitrogens with zero attached hydrogens (tertiary/aromatic N) is 1. The molecule has 2 aromatic carbocycles. The highest BCUT2D eigenvalue weighted by Gasteiger charge is 2.32. The number of carbonyl (C=O) groups is 2. The smallest absolute Gasteiger partial charge is 0.416 e. The Bertz CT molecular complexity index is 1100. The largest absolute Gasteiger partial charge is 0.444 e. The molecule has 32 heavy (non-hydrogen) atoms. The van der Waals surface area contributed by atoms with Crippen molar-refractivity contribution in [1.29, 1.82) is 0 Å². The van der Waals surface area contributed by atoms with Crippen LogP contribution in [-0.4, -0.2) is 23.6 Å². The molecule has 1 aliphatic rings. The maximum absolute atomic E-state index is 12.9. The molecule has 0 saturated carbocycles. The van der Waals surface area contributed by atoms with E-state index in [2.05, 4.69) is 10.3 Å². The van der Waals surface area contributed by atoms with Gasteiger partial charge in [-0.3, -0.25) is 0 Å². The molecule has 6 nitrogen and oxygen atoms in total. The number of alkyl halides is 3. The minimum atomic E-state index is -4.52. The number of esters is 1. The number of rotatable bonds is 4. The first-order chi connectivity index (χ1) is 14.9. The van der Waals surface area contributed by atoms with Crippen molar-refractivity contribution in [2.24, 2.45) is 4.99 Å². The number of amides is 1. The molecule has 1 amide bonds. The minimum absolute atomic E-state index is 0.0466. The number of hydrogen-bond acceptors (Lipinski definition) is 5. The van der Waals surface area contributed by atoms with Gasteiger partial charge in [0.05, 0.1) is 5.56 Å². The summed E-state index contributed by atoms with van der Waals surface area (Å²) < 4.78 is 49.0. The van der Waals surface area contributed by atoms with Crippen LogP contribution in [-0.2, 0) is 27.0 Å². The van der Waals surface area contributed by atoms with Gasteiger partial charge in [0, 0.05) is 12.1 Å². The van der Waals surface area contributed by atoms with Crippen LogP contribution in [0.1, 0.15) is 43.0 Å². The van der Waals surface area contributed by atoms with Crippen LogP contribution in [0.4, 0.5) is 18.0 Å². The van der Waals surface area contributed by atoms with Crippen LogP contribution in [0.25, 0.3) is 6.08 Å². The van der Waals surface area contributed by atoms with Crippen LogP contribution in [0, 0.1) is 0 Å². The Balaban J connectivity index is 1.76. The molecule has 1 heterocycles. The van der Waals surface area contributed by atoms with E-state index >= 15 is 0 Å². The fourth-order valence-corrected chi connectivity index (χ4v) is 2.80. The summed E-state index contributed by atoms with van der Waals surface area (Å²) in [6.07, 6.45) is -3.62. The van der Waals surface area contributed by atoms with Crippen molar-refractivity contribution < 1.29 is 32.2 Å². The molecule has 0 aromatic heterocycles. The molecular weight excluding hydrogens is 425 g/mol. The summed E-state index contributed by atoms with van der Waals surface area (Å²) in [6.45, 7) is 5.48. The van der Waals surface area contributed by atoms with Crippen LogP contribution >= 0.6 is 0 Å². The molecule has 0 aliphatic carbocycles. The summed E-state index contributed by atoms with van der Waals surface area (Å²) in [4.78, 5) is 28.0. The van der Waals surface area contributed by atoms with Gasteiger partial charge >= 0.3 is 18.2 Å². The van der Waals surface area contributed by atoms with Crippen molar-refractivity contribution in [2.45, 2.75) is 39.1 Å². The van der Waals surface area contributed by atoms with Gasteiger partial charge in [0.1, 0.15) is 5.60 Å². The first-order valence-corrected chi connectivity index (χ1v) is 9.67. The Morgan fingerprint density at radius 2 is 1.84 bits per heavy atom. The third-order valence-electron chi connectivity index (χ3n) is 4.15. The predicted octanol–water partition coefficient (Wildman–Crippen LogP) is 5.07. The summed E-state index contributed by atoms with van der Waals surface area (Å²) in [5.41, 5.74) is -0.125. The van der Waals surface area contributed by atoms with Crippen molar-refractivity contribution in [3.63, 3.8) is 0 Å². The molecule has 3 rings (SSSR count). The SMILES string of the molecule is CC(C)(C)OC(=O)NCc1cccc(/C=C2\N=C(c3cccc(C(F)(F)F)c3)OC2=O)c1. The van der Waals surface area contributed by atoms with Gasteiger partial charge in [0.25, 0.3) is 0 Å². The average Bonchev–Trinajstić information content (AvgIpc) is 3.05. The quantitative estimate of drug-likeness (QED) is 0.525. The lowest BCUT2D eigenvalue weighted by Crippen LogP contribution is -2.32. The first kappa shape index (κ1) is 23.1. The fourth-order valence-electron chi connectivity index (χ4n) is 2.80. The third-order valence-corrected chi connectivity index (χ3v) is 4.15. The van der Waals surface area contributed by atoms with Gasteiger partial charge in [0.15, 0.2) is 5.70 Å². The van der Waals surface area contributed by atoms with E-state index in [0.717, 1.165) is 17.7 Å². The third kappa shape index (κ3) is 6.19. The van der Waals surface area contributed by atoms with Gasteiger partial charge in [-0.25, -0.2) is 14.6 Å². The molecule has 9 heteroatoms. The Labute approximate surface area is 182 Å². The van der Waals surface area contributed by atoms with Crippen molar-refractivity contribution in [3.8, 4) is 0 Å². The molecule has 0 radical (unpaired) electrons. The maximum Gasteiger partial charge on any atom is 0.416 e. The highest BCUT2D eigenvalue weighted by molar-refractivity contribution is 6.12. The molecule has 0 bridgehead atoms. The van der Waals surface area contributed by atoms with Crippen LogP contribution in [0.2, 0.25) is 0 Å². The zero-order valence-corrected chi connectivity index (χ0v) is 17.6. The number of alkyl carbamates (subject to hydrolysis) is 1. The van der Waals surface area contributed by atoms with Gasteiger partial charge in [-0.15, -0.1) is 0 Å². The van der Waals surface area contributed by atoms with E-state index in [1.54, 1.807) is 45.0 Å². The average molecular weight is 446 g/mol. The van der Waals surface area contributed by atoms with Crippen LogP contribution in [0.15, 0.2) is 59.2 Å². The first-order valence-electron chi connectivity index (χ1n) is 9.67. The van der Waals surface area contributed by atoms with E-state index in [1.807, 2.05) is 0 Å². The summed E-state index contributed by atoms with van der Waals surface area (Å²) >= 11 is 0. The van der Waals surface area contributed by atoms with E-state index in [0.29, 0.717) is 5.56 Å². The summed E-state index contributed by atoms with van der Waals surface area (Å²) in [5.74, 6) is -0.968. The Hall–Kier alpha value is -3.62. The summed E-state index contributed by atoms with van der Waals surface area (Å²) in [7, 11) is 0. The van der Waals surface area contributed by atoms with E-state index in [4.69, 9.17) is 9.47 Å². The van der Waals surface area contributed by atoms with Crippen LogP contribution < -0.4 is 5.32 Å². The number of carbonyl (C=O) groups excluding carboxylic acids is 2. The van der Waals surface area contributed by atoms with Crippen molar-refractivity contribution in [2.75, 3.05) is 0 Å². The molecule has 0 unspecified atom stereocenters. The van der Waals surface area contributed by atoms with Crippen molar-refractivity contribution in [3.05, 3.63) is 76.5 Å². The Morgan fingerprint density at radius 1 is 1.12 bits per heavy atom. The number of nitrogens with one attached hydrogen (secondary N) is 1. The zero-order valence-electron chi connectivity index (χ0n) is 17.6. The van der Waals surface area contributed by atoms with Crippen LogP contribution in [0.3, 0.4) is 0 Å². The maximum atomic E-state index is 12.9. The van der Waals surface area contributed by atoms with E-state index in [9.17, 15) is 22.8 Å². The number of hydrogen-bond donors (Lipinski definition) is 1. The number of cyclic esters (lactones) is 1. The van der Waals surface area contributed by atoms with E-state index in [1.165, 1.54) is 18.2 Å². The monoisotopic (exact) mass is 446 g/mol. The molecule has 1 N–H and O–H groups in total. The van der Waals surface area contributed by atoms with Crippen molar-refractivity contribution in [1.82, 2.24) is 5.32 Å². The Morgan fingerprint density at radius 3 is 2.53 bits per heavy atom. The number of ether oxygens (including phenoxy) is 2. The Kier molecular flexibility index (Phi) is 6.38. The molecule has 1 aliphatic heterocycles. The lowest BCUT2D eigenvalue weighted by molar-refractivity contribution is -0.137. The van der Waals surface area contributed by atoms with Crippen LogP contribution in [0.5, 0.6) is 0 Å². The highest BCUT2D eigenvalue weighted by atomic mass is 19.4. The van der Waals surface area contributed by atoms with Gasteiger partial charge in [-0.05, 0) is 62.2 Å². The molecule has 0 saturated heterocycles. The van der Waals surface area contributed by atoms with Gasteiger partial charge in [-0.1, -0.05) is 24.3 Å². The van der Waals surface area contributed by atoms with E-state index in [-0.39, 0.29) is 23.7 Å². The molecule has 0 spiro atoms. The lowest BCUT2D eigenvalue weighted by Gasteiger charge is -2.19. The predicted molar refractivity (Wildman–Crippen MR) is 112 cm³/mol. The van der Waals surface area contributed by atoms with E-state index < -0.39 is 29.4 Å². The van der Waals surface area contributed by atoms with Gasteiger partial charge in [0.2, 0.25) is 5.90 Å². The second-order valence-electron chi connectivity index (χ2n) is 8.02. The number of benzene rings is 2. The normalized spacial score (nSPS) is 15.4. The molecule has 0 fully saturated rings. The topological polar surface area (TPSA) is 77.0 Å². The number of aliphatic imine (C=N–C) groups is 1. The lowest BCUT2D eigenvalue weighted by atomic mass is 10.1. The zero-order chi connectivity index (χ0) is 23.5. The van der Waals surface area contributed by atoms with Crippen molar-refractivity contribution >= 4 is 24.0 Å². The fraction of sp³-hybridized carbons (Fsp3) is 0.261. The van der Waals surface area contributed by atoms with Gasteiger partial charge in [-0.2, -0.15) is 13.2 Å². The highest BCUT2D eigenvalue weighted by Crippen LogP contribution is 2.30. The summed E-state index contributed by atoms with van der Waals surface area (Å²) in [5, 5.41) is 2.64. The summed E-state index contributed by atoms with van der Waals surface area (Å²) in [6, 6.07) is 11.4.